The molecule has 102 valence electrons. The van der Waals surface area contributed by atoms with E-state index in [2.05, 4.69) is 15.0 Å². The van der Waals surface area contributed by atoms with Crippen molar-refractivity contribution in [2.24, 2.45) is 5.73 Å². The Kier molecular flexibility index (Phi) is 3.57. The summed E-state index contributed by atoms with van der Waals surface area (Å²) in [5.41, 5.74) is 6.53. The molecule has 1 saturated heterocycles. The van der Waals surface area contributed by atoms with Crippen LogP contribution in [0.5, 0.6) is 0 Å². The Hall–Kier alpha value is -1.33. The maximum absolute atomic E-state index is 5.97. The van der Waals surface area contributed by atoms with Gasteiger partial charge in [-0.25, -0.2) is 4.52 Å². The Morgan fingerprint density at radius 3 is 3.11 bits per heavy atom. The van der Waals surface area contributed by atoms with Gasteiger partial charge < -0.3 is 10.6 Å². The summed E-state index contributed by atoms with van der Waals surface area (Å²) in [4.78, 5) is 6.88. The summed E-state index contributed by atoms with van der Waals surface area (Å²) in [5.74, 6) is 0.792. The molecule has 0 bridgehead atoms. The quantitative estimate of drug-likeness (QED) is 0.935. The lowest BCUT2D eigenvalue weighted by molar-refractivity contribution is 0.435. The van der Waals surface area contributed by atoms with Crippen molar-refractivity contribution in [2.45, 2.75) is 31.7 Å². The fourth-order valence-electron chi connectivity index (χ4n) is 2.72. The van der Waals surface area contributed by atoms with E-state index in [4.69, 9.17) is 17.3 Å². The van der Waals surface area contributed by atoms with Crippen molar-refractivity contribution < 1.29 is 0 Å². The van der Waals surface area contributed by atoms with Crippen molar-refractivity contribution in [3.05, 3.63) is 23.4 Å². The molecule has 1 aliphatic heterocycles. The average molecular weight is 280 g/mol. The van der Waals surface area contributed by atoms with E-state index in [0.29, 0.717) is 17.6 Å². The van der Waals surface area contributed by atoms with E-state index in [1.165, 1.54) is 19.3 Å². The molecule has 0 aromatic carbocycles. The van der Waals surface area contributed by atoms with Gasteiger partial charge in [0.15, 0.2) is 5.65 Å². The van der Waals surface area contributed by atoms with Gasteiger partial charge in [0.25, 0.3) is 0 Å². The van der Waals surface area contributed by atoms with Gasteiger partial charge in [-0.05, 0) is 44.4 Å². The third kappa shape index (κ3) is 2.53. The molecule has 2 aromatic rings. The summed E-state index contributed by atoms with van der Waals surface area (Å²) in [6.45, 7) is 1.72. The minimum atomic E-state index is 0.464. The summed E-state index contributed by atoms with van der Waals surface area (Å²) < 4.78 is 1.74. The largest absolute Gasteiger partial charge is 0.336 e. The van der Waals surface area contributed by atoms with E-state index in [1.807, 2.05) is 12.1 Å². The van der Waals surface area contributed by atoms with Crippen LogP contribution in [0.4, 0.5) is 5.95 Å². The second kappa shape index (κ2) is 5.35. The number of anilines is 1. The van der Waals surface area contributed by atoms with Crippen molar-refractivity contribution >= 4 is 23.2 Å². The fourth-order valence-corrected chi connectivity index (χ4v) is 2.88. The molecular formula is C13H18ClN5. The summed E-state index contributed by atoms with van der Waals surface area (Å²) in [5, 5.41) is 5.20. The zero-order valence-electron chi connectivity index (χ0n) is 10.8. The Labute approximate surface area is 117 Å². The number of hydrogen-bond donors (Lipinski definition) is 1. The first-order valence-electron chi connectivity index (χ1n) is 6.76. The van der Waals surface area contributed by atoms with Gasteiger partial charge in [-0.15, -0.1) is 5.10 Å². The van der Waals surface area contributed by atoms with Crippen LogP contribution < -0.4 is 10.6 Å². The van der Waals surface area contributed by atoms with Crippen LogP contribution in [0.25, 0.3) is 5.65 Å². The molecule has 2 N–H and O–H groups in total. The van der Waals surface area contributed by atoms with Gasteiger partial charge in [-0.1, -0.05) is 11.6 Å². The summed E-state index contributed by atoms with van der Waals surface area (Å²) >= 11 is 5.97. The lowest BCUT2D eigenvalue weighted by Crippen LogP contribution is -2.41. The van der Waals surface area contributed by atoms with Crippen LogP contribution in [0, 0.1) is 0 Å². The number of rotatable bonds is 3. The van der Waals surface area contributed by atoms with Crippen molar-refractivity contribution in [3.63, 3.8) is 0 Å². The van der Waals surface area contributed by atoms with Gasteiger partial charge >= 0.3 is 0 Å². The fraction of sp³-hybridized carbons (Fsp3) is 0.538. The summed E-state index contributed by atoms with van der Waals surface area (Å²) in [7, 11) is 0. The van der Waals surface area contributed by atoms with Crippen LogP contribution in [-0.4, -0.2) is 33.7 Å². The van der Waals surface area contributed by atoms with Crippen LogP contribution >= 0.6 is 11.6 Å². The second-order valence-corrected chi connectivity index (χ2v) is 5.42. The number of aromatic nitrogens is 3. The van der Waals surface area contributed by atoms with E-state index < -0.39 is 0 Å². The normalized spacial score (nSPS) is 20.1. The molecule has 2 aromatic heterocycles. The number of pyridine rings is 1. The summed E-state index contributed by atoms with van der Waals surface area (Å²) in [6.07, 6.45) is 6.41. The second-order valence-electron chi connectivity index (χ2n) is 4.98. The highest BCUT2D eigenvalue weighted by atomic mass is 35.5. The van der Waals surface area contributed by atoms with Gasteiger partial charge in [0.1, 0.15) is 0 Å². The smallest absolute Gasteiger partial charge is 0.245 e. The third-order valence-corrected chi connectivity index (χ3v) is 3.89. The lowest BCUT2D eigenvalue weighted by Gasteiger charge is -2.34. The van der Waals surface area contributed by atoms with Gasteiger partial charge in [0.2, 0.25) is 5.95 Å². The Bertz CT molecular complexity index is 565. The van der Waals surface area contributed by atoms with Gasteiger partial charge in [0.05, 0.1) is 5.02 Å². The molecule has 19 heavy (non-hydrogen) atoms. The first-order chi connectivity index (χ1) is 9.28. The highest BCUT2D eigenvalue weighted by molar-refractivity contribution is 6.30. The monoisotopic (exact) mass is 279 g/mol. The van der Waals surface area contributed by atoms with E-state index >= 15 is 0 Å². The van der Waals surface area contributed by atoms with Crippen LogP contribution in [0.1, 0.15) is 25.7 Å². The minimum Gasteiger partial charge on any atom is -0.336 e. The number of halogens is 1. The van der Waals surface area contributed by atoms with Crippen LogP contribution in [-0.2, 0) is 0 Å². The molecule has 5 nitrogen and oxygen atoms in total. The standard InChI is InChI=1S/C13H18ClN5/c14-10-4-5-12-16-13(17-19(12)9-10)18-8-2-1-3-11(18)6-7-15/h4-5,9,11H,1-3,6-8,15H2. The van der Waals surface area contributed by atoms with Crippen molar-refractivity contribution in [3.8, 4) is 0 Å². The van der Waals surface area contributed by atoms with Crippen molar-refractivity contribution in [1.29, 1.82) is 0 Å². The average Bonchev–Trinajstić information content (AvgIpc) is 2.82. The third-order valence-electron chi connectivity index (χ3n) is 3.67. The molecule has 0 amide bonds. The molecule has 0 radical (unpaired) electrons. The van der Waals surface area contributed by atoms with Gasteiger partial charge in [-0.2, -0.15) is 4.98 Å². The Morgan fingerprint density at radius 1 is 1.37 bits per heavy atom. The van der Waals surface area contributed by atoms with Crippen LogP contribution in [0.15, 0.2) is 18.3 Å². The molecule has 0 spiro atoms. The molecular weight excluding hydrogens is 262 g/mol. The zero-order chi connectivity index (χ0) is 13.2. The first kappa shape index (κ1) is 12.7. The Morgan fingerprint density at radius 2 is 2.26 bits per heavy atom. The molecule has 6 heteroatoms. The maximum Gasteiger partial charge on any atom is 0.245 e. The van der Waals surface area contributed by atoms with Crippen molar-refractivity contribution in [1.82, 2.24) is 14.6 Å². The summed E-state index contributed by atoms with van der Waals surface area (Å²) in [6, 6.07) is 4.19. The number of nitrogens with zero attached hydrogens (tertiary/aromatic N) is 4. The van der Waals surface area contributed by atoms with E-state index in [0.717, 1.165) is 24.6 Å². The molecule has 1 atom stereocenters. The van der Waals surface area contributed by atoms with Crippen LogP contribution in [0.2, 0.25) is 5.02 Å². The minimum absolute atomic E-state index is 0.464. The van der Waals surface area contributed by atoms with E-state index in [1.54, 1.807) is 10.7 Å². The zero-order valence-corrected chi connectivity index (χ0v) is 11.6. The number of nitrogens with two attached hydrogens (primary N) is 1. The topological polar surface area (TPSA) is 59.5 Å². The molecule has 1 aliphatic rings. The SMILES string of the molecule is NCCC1CCCCN1c1nc2ccc(Cl)cn2n1. The molecule has 3 rings (SSSR count). The van der Waals surface area contributed by atoms with E-state index in [-0.39, 0.29) is 0 Å². The predicted octanol–water partition coefficient (Wildman–Crippen LogP) is 2.09. The highest BCUT2D eigenvalue weighted by Crippen LogP contribution is 2.24. The molecule has 0 aliphatic carbocycles. The number of hydrogen-bond acceptors (Lipinski definition) is 4. The first-order valence-corrected chi connectivity index (χ1v) is 7.14. The molecule has 3 heterocycles. The van der Waals surface area contributed by atoms with E-state index in [9.17, 15) is 0 Å². The molecule has 0 saturated carbocycles. The number of piperidine rings is 1. The van der Waals surface area contributed by atoms with Gasteiger partial charge in [-0.3, -0.25) is 0 Å². The van der Waals surface area contributed by atoms with Crippen molar-refractivity contribution in [2.75, 3.05) is 18.0 Å². The highest BCUT2D eigenvalue weighted by Gasteiger charge is 2.24. The predicted molar refractivity (Wildman–Crippen MR) is 76.7 cm³/mol. The van der Waals surface area contributed by atoms with Gasteiger partial charge in [0, 0.05) is 18.8 Å². The van der Waals surface area contributed by atoms with Crippen LogP contribution in [0.3, 0.4) is 0 Å². The molecule has 1 fully saturated rings. The number of fused-ring (bicyclic) bond motifs is 1. The molecule has 1 unspecified atom stereocenters. The lowest BCUT2D eigenvalue weighted by atomic mass is 10.00. The Balaban J connectivity index is 1.92. The maximum atomic E-state index is 5.97.